The molecule has 0 unspecified atom stereocenters. The molecule has 148 valence electrons. The molecular formula is C22H27N3O3. The van der Waals surface area contributed by atoms with E-state index in [1.807, 2.05) is 38.1 Å². The van der Waals surface area contributed by atoms with E-state index in [0.717, 1.165) is 35.5 Å². The second-order valence-corrected chi connectivity index (χ2v) is 6.48. The van der Waals surface area contributed by atoms with Gasteiger partial charge in [-0.15, -0.1) is 0 Å². The first-order chi connectivity index (χ1) is 13.5. The van der Waals surface area contributed by atoms with Crippen molar-refractivity contribution >= 4 is 12.0 Å². The first-order valence-electron chi connectivity index (χ1n) is 9.23. The van der Waals surface area contributed by atoms with Crippen LogP contribution in [0.5, 0.6) is 11.5 Å². The predicted octanol–water partition coefficient (Wildman–Crippen LogP) is 3.76. The fourth-order valence-electron chi connectivity index (χ4n) is 3.21. The van der Waals surface area contributed by atoms with Crippen LogP contribution in [0.15, 0.2) is 29.8 Å². The quantitative estimate of drug-likeness (QED) is 0.558. The molecule has 1 amide bonds. The lowest BCUT2D eigenvalue weighted by atomic mass is 10.1. The van der Waals surface area contributed by atoms with Crippen LogP contribution in [0.1, 0.15) is 35.9 Å². The summed E-state index contributed by atoms with van der Waals surface area (Å²) in [6, 6.07) is 9.47. The van der Waals surface area contributed by atoms with Crippen molar-refractivity contribution in [1.29, 1.82) is 5.26 Å². The van der Waals surface area contributed by atoms with Gasteiger partial charge in [0.05, 0.1) is 14.2 Å². The van der Waals surface area contributed by atoms with Crippen LogP contribution in [0.25, 0.3) is 6.08 Å². The number of aryl methyl sites for hydroxylation is 1. The number of nitrogens with one attached hydrogen (secondary N) is 1. The normalized spacial score (nSPS) is 11.1. The van der Waals surface area contributed by atoms with Crippen molar-refractivity contribution in [2.75, 3.05) is 14.2 Å². The molecule has 0 aliphatic heterocycles. The average molecular weight is 381 g/mol. The Morgan fingerprint density at radius 1 is 1.29 bits per heavy atom. The molecule has 0 spiro atoms. The maximum atomic E-state index is 12.6. The second-order valence-electron chi connectivity index (χ2n) is 6.48. The van der Waals surface area contributed by atoms with Crippen molar-refractivity contribution in [3.63, 3.8) is 0 Å². The molecule has 2 rings (SSSR count). The SMILES string of the molecule is CCCn1c(C)cc(/C=C(\C#N)C(=O)NCc2cccc(OC)c2OC)c1C. The van der Waals surface area contributed by atoms with E-state index in [2.05, 4.69) is 16.8 Å². The molecule has 1 N–H and O–H groups in total. The number of methoxy groups -OCH3 is 2. The molecule has 6 heteroatoms. The maximum Gasteiger partial charge on any atom is 0.262 e. The molecule has 0 fully saturated rings. The molecule has 6 nitrogen and oxygen atoms in total. The highest BCUT2D eigenvalue weighted by molar-refractivity contribution is 6.01. The Morgan fingerprint density at radius 2 is 2.04 bits per heavy atom. The van der Waals surface area contributed by atoms with E-state index in [0.29, 0.717) is 11.5 Å². The summed E-state index contributed by atoms with van der Waals surface area (Å²) < 4.78 is 12.8. The van der Waals surface area contributed by atoms with Crippen molar-refractivity contribution in [2.24, 2.45) is 0 Å². The molecule has 1 aromatic heterocycles. The summed E-state index contributed by atoms with van der Waals surface area (Å²) in [6.45, 7) is 7.29. The summed E-state index contributed by atoms with van der Waals surface area (Å²) in [5.41, 5.74) is 3.89. The number of para-hydroxylation sites is 1. The van der Waals surface area contributed by atoms with E-state index in [9.17, 15) is 10.1 Å². The van der Waals surface area contributed by atoms with Crippen molar-refractivity contribution in [3.05, 3.63) is 52.4 Å². The zero-order valence-corrected chi connectivity index (χ0v) is 17.1. The molecule has 0 radical (unpaired) electrons. The molecule has 1 heterocycles. The third-order valence-corrected chi connectivity index (χ3v) is 4.65. The van der Waals surface area contributed by atoms with Gasteiger partial charge in [-0.1, -0.05) is 19.1 Å². The van der Waals surface area contributed by atoms with E-state index >= 15 is 0 Å². The van der Waals surface area contributed by atoms with Gasteiger partial charge in [-0.05, 0) is 44.0 Å². The largest absolute Gasteiger partial charge is 0.493 e. The minimum Gasteiger partial charge on any atom is -0.493 e. The maximum absolute atomic E-state index is 12.6. The average Bonchev–Trinajstić information content (AvgIpc) is 2.97. The number of ether oxygens (including phenoxy) is 2. The lowest BCUT2D eigenvalue weighted by Gasteiger charge is -2.13. The van der Waals surface area contributed by atoms with Crippen LogP contribution in [-0.2, 0) is 17.9 Å². The van der Waals surface area contributed by atoms with Gasteiger partial charge in [0.2, 0.25) is 0 Å². The van der Waals surface area contributed by atoms with Gasteiger partial charge in [0.25, 0.3) is 5.91 Å². The van der Waals surface area contributed by atoms with Gasteiger partial charge < -0.3 is 19.4 Å². The van der Waals surface area contributed by atoms with E-state index in [1.165, 1.54) is 0 Å². The standard InChI is InChI=1S/C22H27N3O3/c1-6-10-25-15(2)11-18(16(25)3)12-19(13-23)22(26)24-14-17-8-7-9-20(27-4)21(17)28-5/h7-9,11-12H,6,10,14H2,1-5H3,(H,24,26)/b19-12+. The van der Waals surface area contributed by atoms with E-state index in [4.69, 9.17) is 9.47 Å². The topological polar surface area (TPSA) is 76.3 Å². The van der Waals surface area contributed by atoms with Crippen molar-refractivity contribution in [1.82, 2.24) is 9.88 Å². The van der Waals surface area contributed by atoms with Crippen molar-refractivity contribution < 1.29 is 14.3 Å². The monoisotopic (exact) mass is 381 g/mol. The van der Waals surface area contributed by atoms with Crippen LogP contribution in [0, 0.1) is 25.2 Å². The van der Waals surface area contributed by atoms with Gasteiger partial charge >= 0.3 is 0 Å². The van der Waals surface area contributed by atoms with Gasteiger partial charge in [0.15, 0.2) is 11.5 Å². The molecular weight excluding hydrogens is 354 g/mol. The Labute approximate surface area is 166 Å². The summed E-state index contributed by atoms with van der Waals surface area (Å²) in [5.74, 6) is 0.734. The Kier molecular flexibility index (Phi) is 7.28. The number of benzene rings is 1. The molecule has 0 atom stereocenters. The Morgan fingerprint density at radius 3 is 2.64 bits per heavy atom. The summed E-state index contributed by atoms with van der Waals surface area (Å²) >= 11 is 0. The highest BCUT2D eigenvalue weighted by Crippen LogP contribution is 2.30. The van der Waals surface area contributed by atoms with Crippen LogP contribution in [0.2, 0.25) is 0 Å². The smallest absolute Gasteiger partial charge is 0.262 e. The fraction of sp³-hybridized carbons (Fsp3) is 0.364. The molecule has 28 heavy (non-hydrogen) atoms. The number of carbonyl (C=O) groups is 1. The Hall–Kier alpha value is -3.20. The number of nitrogens with zero attached hydrogens (tertiary/aromatic N) is 2. The molecule has 0 saturated heterocycles. The predicted molar refractivity (Wildman–Crippen MR) is 109 cm³/mol. The lowest BCUT2D eigenvalue weighted by Crippen LogP contribution is -2.24. The van der Waals surface area contributed by atoms with Crippen molar-refractivity contribution in [2.45, 2.75) is 40.3 Å². The Balaban J connectivity index is 2.21. The lowest BCUT2D eigenvalue weighted by molar-refractivity contribution is -0.117. The molecule has 1 aromatic carbocycles. The highest BCUT2D eigenvalue weighted by Gasteiger charge is 2.14. The van der Waals surface area contributed by atoms with Crippen molar-refractivity contribution in [3.8, 4) is 17.6 Å². The third-order valence-electron chi connectivity index (χ3n) is 4.65. The van der Waals surface area contributed by atoms with Gasteiger partial charge in [-0.2, -0.15) is 5.26 Å². The summed E-state index contributed by atoms with van der Waals surface area (Å²) in [6.07, 6.45) is 2.67. The summed E-state index contributed by atoms with van der Waals surface area (Å²) in [5, 5.41) is 12.3. The van der Waals surface area contributed by atoms with Gasteiger partial charge in [-0.3, -0.25) is 4.79 Å². The number of aromatic nitrogens is 1. The minimum atomic E-state index is -0.423. The Bertz CT molecular complexity index is 920. The van der Waals surface area contributed by atoms with Crippen LogP contribution in [0.3, 0.4) is 0 Å². The van der Waals surface area contributed by atoms with Gasteiger partial charge in [0, 0.05) is 30.0 Å². The molecule has 0 saturated carbocycles. The number of hydrogen-bond acceptors (Lipinski definition) is 4. The fourth-order valence-corrected chi connectivity index (χ4v) is 3.21. The summed E-state index contributed by atoms with van der Waals surface area (Å²) in [7, 11) is 3.11. The zero-order chi connectivity index (χ0) is 20.7. The molecule has 2 aromatic rings. The minimum absolute atomic E-state index is 0.0682. The van der Waals surface area contributed by atoms with Crippen LogP contribution >= 0.6 is 0 Å². The number of rotatable bonds is 8. The summed E-state index contributed by atoms with van der Waals surface area (Å²) in [4.78, 5) is 12.6. The highest BCUT2D eigenvalue weighted by atomic mass is 16.5. The van der Waals surface area contributed by atoms with Gasteiger partial charge in [0.1, 0.15) is 11.6 Å². The number of hydrogen-bond donors (Lipinski definition) is 1. The van der Waals surface area contributed by atoms with Crippen LogP contribution in [-0.4, -0.2) is 24.7 Å². The van der Waals surface area contributed by atoms with Crippen LogP contribution in [0.4, 0.5) is 0 Å². The first kappa shape index (κ1) is 21.1. The number of carbonyl (C=O) groups excluding carboxylic acids is 1. The van der Waals surface area contributed by atoms with E-state index in [-0.39, 0.29) is 12.1 Å². The number of amides is 1. The number of nitriles is 1. The molecule has 0 aliphatic rings. The first-order valence-corrected chi connectivity index (χ1v) is 9.23. The molecule has 0 aliphatic carbocycles. The van der Waals surface area contributed by atoms with E-state index in [1.54, 1.807) is 26.4 Å². The second kappa shape index (κ2) is 9.65. The molecule has 0 bridgehead atoms. The van der Waals surface area contributed by atoms with E-state index < -0.39 is 5.91 Å². The third kappa shape index (κ3) is 4.55. The zero-order valence-electron chi connectivity index (χ0n) is 17.1. The van der Waals surface area contributed by atoms with Gasteiger partial charge in [-0.25, -0.2) is 0 Å². The van der Waals surface area contributed by atoms with Crippen LogP contribution < -0.4 is 14.8 Å².